The molecule has 5 nitrogen and oxygen atoms in total. The minimum absolute atomic E-state index is 0.0202. The molecular weight excluding hydrogens is 372 g/mol. The van der Waals surface area contributed by atoms with E-state index in [4.69, 9.17) is 11.6 Å². The highest BCUT2D eigenvalue weighted by Gasteiger charge is 2.31. The number of hydrogen-bond donors (Lipinski definition) is 1. The molecule has 5 rings (SSSR count). The van der Waals surface area contributed by atoms with Crippen LogP contribution >= 0.6 is 11.6 Å². The van der Waals surface area contributed by atoms with Crippen LogP contribution < -0.4 is 10.2 Å². The predicted molar refractivity (Wildman–Crippen MR) is 111 cm³/mol. The van der Waals surface area contributed by atoms with Crippen molar-refractivity contribution in [2.75, 3.05) is 4.90 Å². The Balaban J connectivity index is 1.40. The van der Waals surface area contributed by atoms with Crippen molar-refractivity contribution in [1.82, 2.24) is 15.3 Å². The number of anilines is 1. The number of amides is 1. The molecule has 1 aromatic heterocycles. The Labute approximate surface area is 168 Å². The summed E-state index contributed by atoms with van der Waals surface area (Å²) in [5.41, 5.74) is 2.74. The molecule has 0 aliphatic heterocycles. The number of carbonyl (C=O) groups excluding carboxylic acids is 1. The lowest BCUT2D eigenvalue weighted by Gasteiger charge is -2.25. The van der Waals surface area contributed by atoms with Gasteiger partial charge >= 0.3 is 0 Å². The first kappa shape index (κ1) is 17.4. The zero-order valence-electron chi connectivity index (χ0n) is 15.4. The highest BCUT2D eigenvalue weighted by atomic mass is 35.5. The number of halogens is 1. The van der Waals surface area contributed by atoms with Crippen molar-refractivity contribution in [2.45, 2.75) is 44.3 Å². The highest BCUT2D eigenvalue weighted by Crippen LogP contribution is 2.35. The quantitative estimate of drug-likeness (QED) is 0.677. The van der Waals surface area contributed by atoms with Crippen LogP contribution in [0.4, 0.5) is 5.82 Å². The van der Waals surface area contributed by atoms with Gasteiger partial charge in [0.2, 0.25) is 0 Å². The molecule has 142 valence electrons. The average molecular weight is 393 g/mol. The third kappa shape index (κ3) is 3.67. The van der Waals surface area contributed by atoms with Crippen LogP contribution in [0.25, 0.3) is 10.9 Å². The second kappa shape index (κ2) is 7.06. The first-order valence-electron chi connectivity index (χ1n) is 9.74. The number of rotatable bonds is 6. The number of aromatic nitrogens is 2. The molecule has 2 aliphatic rings. The third-order valence-corrected chi connectivity index (χ3v) is 5.55. The molecule has 6 heteroatoms. The van der Waals surface area contributed by atoms with Gasteiger partial charge in [-0.3, -0.25) is 4.79 Å². The van der Waals surface area contributed by atoms with E-state index in [9.17, 15) is 4.79 Å². The number of nitrogens with zero attached hydrogens (tertiary/aromatic N) is 3. The molecule has 2 aliphatic carbocycles. The van der Waals surface area contributed by atoms with E-state index in [1.807, 2.05) is 42.5 Å². The van der Waals surface area contributed by atoms with Gasteiger partial charge in [-0.05, 0) is 61.6 Å². The normalized spacial score (nSPS) is 16.2. The van der Waals surface area contributed by atoms with Crippen molar-refractivity contribution in [3.05, 3.63) is 64.9 Å². The molecule has 2 aromatic carbocycles. The maximum absolute atomic E-state index is 12.2. The molecule has 1 N–H and O–H groups in total. The minimum atomic E-state index is 0.0202. The molecule has 1 heterocycles. The van der Waals surface area contributed by atoms with Gasteiger partial charge in [-0.1, -0.05) is 23.7 Å². The molecule has 28 heavy (non-hydrogen) atoms. The fraction of sp³-hybridized carbons (Fsp3) is 0.318. The van der Waals surface area contributed by atoms with Gasteiger partial charge < -0.3 is 10.2 Å². The van der Waals surface area contributed by atoms with Crippen LogP contribution in [0, 0.1) is 0 Å². The Morgan fingerprint density at radius 2 is 1.86 bits per heavy atom. The van der Waals surface area contributed by atoms with Gasteiger partial charge in [0.15, 0.2) is 0 Å². The Morgan fingerprint density at radius 1 is 1.07 bits per heavy atom. The van der Waals surface area contributed by atoms with Crippen molar-refractivity contribution < 1.29 is 4.79 Å². The molecule has 2 saturated carbocycles. The van der Waals surface area contributed by atoms with E-state index in [1.165, 1.54) is 12.8 Å². The smallest absolute Gasteiger partial charge is 0.251 e. The fourth-order valence-electron chi connectivity index (χ4n) is 3.46. The largest absolute Gasteiger partial charge is 0.349 e. The van der Waals surface area contributed by atoms with Crippen LogP contribution in [-0.4, -0.2) is 28.0 Å². The maximum Gasteiger partial charge on any atom is 0.251 e. The average Bonchev–Trinajstić information content (AvgIpc) is 3.60. The summed E-state index contributed by atoms with van der Waals surface area (Å²) in [4.78, 5) is 23.5. The molecule has 1 amide bonds. The summed E-state index contributed by atoms with van der Waals surface area (Å²) in [6, 6.07) is 14.5. The number of hydrogen-bond acceptors (Lipinski definition) is 4. The molecule has 0 unspecified atom stereocenters. The first-order chi connectivity index (χ1) is 13.7. The predicted octanol–water partition coefficient (Wildman–Crippen LogP) is 4.34. The maximum atomic E-state index is 12.2. The van der Waals surface area contributed by atoms with Gasteiger partial charge in [-0.25, -0.2) is 9.97 Å². The highest BCUT2D eigenvalue weighted by molar-refractivity contribution is 6.31. The van der Waals surface area contributed by atoms with E-state index in [1.54, 1.807) is 6.33 Å². The lowest BCUT2D eigenvalue weighted by Crippen LogP contribution is -2.27. The fourth-order valence-corrected chi connectivity index (χ4v) is 3.63. The number of nitrogens with one attached hydrogen (secondary N) is 1. The summed E-state index contributed by atoms with van der Waals surface area (Å²) in [6.07, 6.45) is 6.13. The van der Waals surface area contributed by atoms with E-state index in [0.29, 0.717) is 17.1 Å². The van der Waals surface area contributed by atoms with E-state index in [2.05, 4.69) is 20.2 Å². The number of carbonyl (C=O) groups is 1. The molecule has 2 fully saturated rings. The Hall–Kier alpha value is -2.66. The summed E-state index contributed by atoms with van der Waals surface area (Å²) >= 11 is 6.12. The summed E-state index contributed by atoms with van der Waals surface area (Å²) < 4.78 is 0. The SMILES string of the molecule is O=C(NC1CC1)c1ccc(CN(c2ncnc3cc(Cl)ccc23)C2CC2)cc1. The van der Waals surface area contributed by atoms with E-state index in [-0.39, 0.29) is 5.91 Å². The van der Waals surface area contributed by atoms with Crippen LogP contribution in [0.15, 0.2) is 48.8 Å². The van der Waals surface area contributed by atoms with Gasteiger partial charge in [0.25, 0.3) is 5.91 Å². The van der Waals surface area contributed by atoms with Crippen LogP contribution in [0.1, 0.15) is 41.6 Å². The molecule has 3 aromatic rings. The Bertz CT molecular complexity index is 1030. The molecule has 0 spiro atoms. The van der Waals surface area contributed by atoms with Crippen molar-refractivity contribution in [3.8, 4) is 0 Å². The summed E-state index contributed by atoms with van der Waals surface area (Å²) in [5.74, 6) is 0.964. The van der Waals surface area contributed by atoms with Crippen molar-refractivity contribution in [3.63, 3.8) is 0 Å². The molecule has 0 bridgehead atoms. The minimum Gasteiger partial charge on any atom is -0.349 e. The third-order valence-electron chi connectivity index (χ3n) is 5.32. The summed E-state index contributed by atoms with van der Waals surface area (Å²) in [5, 5.41) is 4.72. The molecular formula is C22H21ClN4O. The van der Waals surface area contributed by atoms with Gasteiger partial charge in [0.05, 0.1) is 5.52 Å². The molecule has 0 saturated heterocycles. The van der Waals surface area contributed by atoms with Gasteiger partial charge in [-0.2, -0.15) is 0 Å². The zero-order chi connectivity index (χ0) is 19.1. The van der Waals surface area contributed by atoms with Crippen molar-refractivity contribution in [1.29, 1.82) is 0 Å². The Kier molecular flexibility index (Phi) is 4.40. The van der Waals surface area contributed by atoms with Crippen LogP contribution in [-0.2, 0) is 6.54 Å². The van der Waals surface area contributed by atoms with E-state index in [0.717, 1.165) is 47.2 Å². The van der Waals surface area contributed by atoms with Crippen LogP contribution in [0.2, 0.25) is 5.02 Å². The second-order valence-corrected chi connectivity index (χ2v) is 8.10. The Morgan fingerprint density at radius 3 is 2.57 bits per heavy atom. The van der Waals surface area contributed by atoms with Gasteiger partial charge in [0, 0.05) is 34.6 Å². The lowest BCUT2D eigenvalue weighted by molar-refractivity contribution is 0.0951. The second-order valence-electron chi connectivity index (χ2n) is 7.66. The first-order valence-corrected chi connectivity index (χ1v) is 10.1. The van der Waals surface area contributed by atoms with E-state index >= 15 is 0 Å². The number of fused-ring (bicyclic) bond motifs is 1. The van der Waals surface area contributed by atoms with Gasteiger partial charge in [-0.15, -0.1) is 0 Å². The van der Waals surface area contributed by atoms with Crippen LogP contribution in [0.3, 0.4) is 0 Å². The van der Waals surface area contributed by atoms with Crippen molar-refractivity contribution >= 4 is 34.2 Å². The number of benzene rings is 2. The molecule has 0 radical (unpaired) electrons. The van der Waals surface area contributed by atoms with Gasteiger partial charge in [0.1, 0.15) is 12.1 Å². The standard InChI is InChI=1S/C22H21ClN4O/c23-16-5-10-19-20(11-16)24-13-25-21(19)27(18-8-9-18)12-14-1-3-15(4-2-14)22(28)26-17-6-7-17/h1-5,10-11,13,17-18H,6-9,12H2,(H,26,28). The monoisotopic (exact) mass is 392 g/mol. The lowest BCUT2D eigenvalue weighted by atomic mass is 10.1. The summed E-state index contributed by atoms with van der Waals surface area (Å²) in [7, 11) is 0. The zero-order valence-corrected chi connectivity index (χ0v) is 16.2. The summed E-state index contributed by atoms with van der Waals surface area (Å²) in [6.45, 7) is 0.754. The van der Waals surface area contributed by atoms with E-state index < -0.39 is 0 Å². The van der Waals surface area contributed by atoms with Crippen LogP contribution in [0.5, 0.6) is 0 Å². The molecule has 0 atom stereocenters. The topological polar surface area (TPSA) is 58.1 Å². The van der Waals surface area contributed by atoms with Crippen molar-refractivity contribution in [2.24, 2.45) is 0 Å².